The molecule has 49 heavy (non-hydrogen) atoms. The maximum atomic E-state index is 12.6. The zero-order chi connectivity index (χ0) is 35.3. The first-order chi connectivity index (χ1) is 23.6. The average Bonchev–Trinajstić information content (AvgIpc) is 3.43. The van der Waals surface area contributed by atoms with Crippen molar-refractivity contribution < 1.29 is 33.6 Å². The summed E-state index contributed by atoms with van der Waals surface area (Å²) >= 11 is 0. The number of aliphatic hydroxyl groups is 1. The number of hydrogen-bond donors (Lipinski definition) is 2. The summed E-state index contributed by atoms with van der Waals surface area (Å²) in [6.45, 7) is 19.3. The molecule has 4 aliphatic carbocycles. The smallest absolute Gasteiger partial charge is 0.407 e. The molecular formula is C41H73NO7. The first kappa shape index (κ1) is 40.6. The fourth-order valence-corrected chi connectivity index (χ4v) is 10.3. The van der Waals surface area contributed by atoms with Crippen LogP contribution in [0.25, 0.3) is 0 Å². The molecule has 0 bridgehead atoms. The van der Waals surface area contributed by atoms with Gasteiger partial charge in [0.05, 0.1) is 46.2 Å². The highest BCUT2D eigenvalue weighted by Crippen LogP contribution is 2.67. The van der Waals surface area contributed by atoms with E-state index in [1.54, 1.807) is 5.57 Å². The van der Waals surface area contributed by atoms with Crippen LogP contribution in [0.2, 0.25) is 0 Å². The van der Waals surface area contributed by atoms with E-state index in [1.807, 2.05) is 6.92 Å². The van der Waals surface area contributed by atoms with Gasteiger partial charge in [-0.2, -0.15) is 0 Å². The zero-order valence-electron chi connectivity index (χ0n) is 32.1. The third-order valence-electron chi connectivity index (χ3n) is 13.1. The summed E-state index contributed by atoms with van der Waals surface area (Å²) in [5.41, 5.74) is 2.35. The van der Waals surface area contributed by atoms with Crippen molar-refractivity contribution in [2.75, 3.05) is 66.0 Å². The van der Waals surface area contributed by atoms with Crippen LogP contribution >= 0.6 is 0 Å². The quantitative estimate of drug-likeness (QED) is 0.0873. The molecule has 9 unspecified atom stereocenters. The van der Waals surface area contributed by atoms with E-state index in [9.17, 15) is 4.79 Å². The predicted molar refractivity (Wildman–Crippen MR) is 195 cm³/mol. The van der Waals surface area contributed by atoms with E-state index >= 15 is 0 Å². The maximum absolute atomic E-state index is 12.6. The molecule has 0 aromatic rings. The summed E-state index contributed by atoms with van der Waals surface area (Å²) in [5, 5.41) is 11.9. The molecule has 0 aromatic heterocycles. The lowest BCUT2D eigenvalue weighted by Crippen LogP contribution is -2.51. The van der Waals surface area contributed by atoms with Gasteiger partial charge in [-0.25, -0.2) is 4.79 Å². The maximum Gasteiger partial charge on any atom is 0.407 e. The van der Waals surface area contributed by atoms with Crippen LogP contribution in [0.4, 0.5) is 4.79 Å². The molecular weight excluding hydrogens is 618 g/mol. The van der Waals surface area contributed by atoms with Gasteiger partial charge in [-0.05, 0) is 97.7 Å². The number of allylic oxidation sites excluding steroid dienone is 1. The molecule has 0 aromatic carbocycles. The van der Waals surface area contributed by atoms with Crippen LogP contribution in [0, 0.1) is 52.3 Å². The molecule has 3 saturated carbocycles. The summed E-state index contributed by atoms with van der Waals surface area (Å²) in [7, 11) is 0. The number of aliphatic hydroxyl groups excluding tert-OH is 1. The Morgan fingerprint density at radius 1 is 0.857 bits per heavy atom. The topological polar surface area (TPSA) is 95.5 Å². The third kappa shape index (κ3) is 11.4. The lowest BCUT2D eigenvalue weighted by Gasteiger charge is -2.58. The van der Waals surface area contributed by atoms with Gasteiger partial charge in [0.25, 0.3) is 0 Å². The van der Waals surface area contributed by atoms with Crippen molar-refractivity contribution in [3.8, 4) is 0 Å². The van der Waals surface area contributed by atoms with Crippen LogP contribution in [-0.4, -0.2) is 83.3 Å². The lowest BCUT2D eigenvalue weighted by molar-refractivity contribution is -0.0581. The fourth-order valence-electron chi connectivity index (χ4n) is 10.3. The molecule has 8 heteroatoms. The van der Waals surface area contributed by atoms with Gasteiger partial charge in [0, 0.05) is 32.1 Å². The zero-order valence-corrected chi connectivity index (χ0v) is 32.1. The average molecular weight is 692 g/mol. The molecule has 0 saturated heterocycles. The molecule has 1 amide bonds. The van der Waals surface area contributed by atoms with Crippen LogP contribution in [0.1, 0.15) is 119 Å². The van der Waals surface area contributed by atoms with Crippen molar-refractivity contribution >= 4 is 6.09 Å². The summed E-state index contributed by atoms with van der Waals surface area (Å²) in [6.07, 6.45) is 17.0. The van der Waals surface area contributed by atoms with Crippen molar-refractivity contribution in [2.24, 2.45) is 52.3 Å². The number of ether oxygens (including phenoxy) is 5. The van der Waals surface area contributed by atoms with Crippen molar-refractivity contribution in [1.82, 2.24) is 5.32 Å². The largest absolute Gasteiger partial charge is 0.446 e. The molecule has 3 fully saturated rings. The van der Waals surface area contributed by atoms with Gasteiger partial charge >= 0.3 is 6.09 Å². The second kappa shape index (κ2) is 20.2. The Kier molecular flexibility index (Phi) is 16.7. The Labute approximate surface area is 299 Å². The number of nitrogens with one attached hydrogen (secondary N) is 1. The lowest BCUT2D eigenvalue weighted by atomic mass is 9.47. The minimum atomic E-state index is -0.299. The molecule has 0 radical (unpaired) electrons. The summed E-state index contributed by atoms with van der Waals surface area (Å²) in [5.74, 6) is 5.20. The molecule has 9 atom stereocenters. The van der Waals surface area contributed by atoms with Crippen LogP contribution < -0.4 is 5.32 Å². The van der Waals surface area contributed by atoms with Crippen LogP contribution in [0.15, 0.2) is 11.6 Å². The number of rotatable bonds is 22. The minimum Gasteiger partial charge on any atom is -0.446 e. The van der Waals surface area contributed by atoms with Crippen molar-refractivity contribution in [2.45, 2.75) is 125 Å². The van der Waals surface area contributed by atoms with Gasteiger partial charge in [0.15, 0.2) is 0 Å². The van der Waals surface area contributed by atoms with Gasteiger partial charge < -0.3 is 34.1 Å². The summed E-state index contributed by atoms with van der Waals surface area (Å²) in [6, 6.07) is 0. The molecule has 2 N–H and O–H groups in total. The monoisotopic (exact) mass is 692 g/mol. The molecule has 0 aliphatic heterocycles. The first-order valence-corrected chi connectivity index (χ1v) is 20.1. The van der Waals surface area contributed by atoms with Gasteiger partial charge in [0.2, 0.25) is 0 Å². The second-order valence-electron chi connectivity index (χ2n) is 17.0. The van der Waals surface area contributed by atoms with E-state index in [0.717, 1.165) is 61.2 Å². The van der Waals surface area contributed by atoms with E-state index in [0.29, 0.717) is 64.8 Å². The Bertz CT molecular complexity index is 1000. The van der Waals surface area contributed by atoms with Crippen molar-refractivity contribution in [3.05, 3.63) is 11.6 Å². The molecule has 0 spiro atoms. The first-order valence-electron chi connectivity index (χ1n) is 20.1. The van der Waals surface area contributed by atoms with Crippen LogP contribution in [-0.2, 0) is 23.7 Å². The number of alkyl carbamates (subject to hydrolysis) is 1. The SMILES string of the molecule is CC(C)CCCC(C)C1CCC2C3CC=C4CC(OC(=O)NCCCOCCOCCOCCOCC(C)CO)CCC4(C)C3CCC12C. The molecule has 4 aliphatic rings. The number of hydrogen-bond acceptors (Lipinski definition) is 7. The van der Waals surface area contributed by atoms with Gasteiger partial charge in [0.1, 0.15) is 6.10 Å². The molecule has 4 rings (SSSR count). The van der Waals surface area contributed by atoms with Crippen molar-refractivity contribution in [3.63, 3.8) is 0 Å². The van der Waals surface area contributed by atoms with E-state index in [2.05, 4.69) is 46.0 Å². The summed E-state index contributed by atoms with van der Waals surface area (Å²) in [4.78, 5) is 12.6. The third-order valence-corrected chi connectivity index (χ3v) is 13.1. The molecule has 0 heterocycles. The molecule has 284 valence electrons. The van der Waals surface area contributed by atoms with E-state index < -0.39 is 0 Å². The Hall–Kier alpha value is -1.19. The standard InChI is InChI=1S/C41H73NO7/c1-30(2)9-7-10-32(4)36-13-14-37-35-12-11-33-27-34(15-17-40(33,5)38(35)16-18-41(36,37)6)49-39(44)42-19-8-20-45-21-22-46-23-24-47-25-26-48-29-31(3)28-43/h11,30-32,34-38,43H,7-10,12-29H2,1-6H3,(H,42,44). The van der Waals surface area contributed by atoms with Crippen LogP contribution in [0.5, 0.6) is 0 Å². The van der Waals surface area contributed by atoms with Gasteiger partial charge in [-0.15, -0.1) is 0 Å². The second-order valence-corrected chi connectivity index (χ2v) is 17.0. The number of amides is 1. The minimum absolute atomic E-state index is 0.0212. The number of carbonyl (C=O) groups is 1. The Balaban J connectivity index is 1.07. The van der Waals surface area contributed by atoms with Gasteiger partial charge in [-0.1, -0.05) is 72.5 Å². The number of carbonyl (C=O) groups excluding carboxylic acids is 1. The Morgan fingerprint density at radius 3 is 2.24 bits per heavy atom. The Morgan fingerprint density at radius 2 is 1.55 bits per heavy atom. The highest BCUT2D eigenvalue weighted by Gasteiger charge is 2.59. The normalized spacial score (nSPS) is 32.2. The van der Waals surface area contributed by atoms with E-state index in [4.69, 9.17) is 28.8 Å². The highest BCUT2D eigenvalue weighted by atomic mass is 16.6. The highest BCUT2D eigenvalue weighted by molar-refractivity contribution is 5.67. The van der Waals surface area contributed by atoms with Crippen molar-refractivity contribution in [1.29, 1.82) is 0 Å². The van der Waals surface area contributed by atoms with E-state index in [-0.39, 0.29) is 30.1 Å². The summed E-state index contributed by atoms with van der Waals surface area (Å²) < 4.78 is 28.0. The fraction of sp³-hybridized carbons (Fsp3) is 0.927. The van der Waals surface area contributed by atoms with Crippen LogP contribution in [0.3, 0.4) is 0 Å². The predicted octanol–water partition coefficient (Wildman–Crippen LogP) is 8.21. The van der Waals surface area contributed by atoms with E-state index in [1.165, 1.54) is 51.4 Å². The number of fused-ring (bicyclic) bond motifs is 5. The molecule has 8 nitrogen and oxygen atoms in total. The van der Waals surface area contributed by atoms with Gasteiger partial charge in [-0.3, -0.25) is 0 Å².